The summed E-state index contributed by atoms with van der Waals surface area (Å²) in [6.07, 6.45) is 0. The van der Waals surface area contributed by atoms with Gasteiger partial charge < -0.3 is 4.57 Å². The fourth-order valence-corrected chi connectivity index (χ4v) is 9.28. The van der Waals surface area contributed by atoms with E-state index < -0.39 is 0 Å². The molecule has 11 aromatic rings. The quantitative estimate of drug-likeness (QED) is 0.171. The summed E-state index contributed by atoms with van der Waals surface area (Å²) in [6, 6.07) is 68.1. The van der Waals surface area contributed by atoms with Crippen LogP contribution in [0.3, 0.4) is 0 Å². The second kappa shape index (κ2) is 13.3. The van der Waals surface area contributed by atoms with E-state index in [1.165, 1.54) is 47.7 Å². The molecule has 5 heteroatoms. The third kappa shape index (κ3) is 5.40. The highest BCUT2D eigenvalue weighted by molar-refractivity contribution is 7.27. The molecule has 7 aromatic carbocycles. The Morgan fingerprint density at radius 3 is 1.59 bits per heavy atom. The first-order valence-electron chi connectivity index (χ1n) is 18.8. The number of thiophene rings is 1. The molecule has 0 bridgehead atoms. The predicted molar refractivity (Wildman–Crippen MR) is 234 cm³/mol. The predicted octanol–water partition coefficient (Wildman–Crippen LogP) is 13.7. The van der Waals surface area contributed by atoms with Crippen LogP contribution in [0.1, 0.15) is 0 Å². The Hall–Kier alpha value is -7.21. The van der Waals surface area contributed by atoms with Crippen molar-refractivity contribution >= 4 is 53.4 Å². The summed E-state index contributed by atoms with van der Waals surface area (Å²) < 4.78 is 4.95. The zero-order valence-electron chi connectivity index (χ0n) is 30.2. The van der Waals surface area contributed by atoms with Gasteiger partial charge in [0, 0.05) is 48.8 Å². The van der Waals surface area contributed by atoms with Crippen molar-refractivity contribution in [1.29, 1.82) is 0 Å². The zero-order chi connectivity index (χ0) is 37.0. The first-order valence-corrected chi connectivity index (χ1v) is 19.6. The van der Waals surface area contributed by atoms with Crippen LogP contribution in [0, 0.1) is 0 Å². The Morgan fingerprint density at radius 2 is 0.911 bits per heavy atom. The molecule has 0 saturated heterocycles. The van der Waals surface area contributed by atoms with Crippen LogP contribution in [0.25, 0.3) is 104 Å². The van der Waals surface area contributed by atoms with Crippen molar-refractivity contribution in [2.45, 2.75) is 0 Å². The van der Waals surface area contributed by atoms with Gasteiger partial charge in [-0.3, -0.25) is 0 Å². The monoisotopic (exact) mass is 732 g/mol. The topological polar surface area (TPSA) is 43.6 Å². The van der Waals surface area contributed by atoms with Crippen molar-refractivity contribution in [3.05, 3.63) is 194 Å². The molecule has 11 rings (SSSR count). The number of rotatable bonds is 6. The van der Waals surface area contributed by atoms with E-state index in [0.717, 1.165) is 50.5 Å². The van der Waals surface area contributed by atoms with Gasteiger partial charge in [0.15, 0.2) is 5.82 Å². The maximum Gasteiger partial charge on any atom is 0.160 e. The molecule has 4 aromatic heterocycles. The molecule has 0 amide bonds. The highest BCUT2D eigenvalue weighted by atomic mass is 32.1. The van der Waals surface area contributed by atoms with Gasteiger partial charge in [-0.25, -0.2) is 15.0 Å². The van der Waals surface area contributed by atoms with Crippen molar-refractivity contribution in [2.24, 2.45) is 0 Å². The third-order valence-electron chi connectivity index (χ3n) is 10.6. The fraction of sp³-hybridized carbons (Fsp3) is 0. The van der Waals surface area contributed by atoms with Gasteiger partial charge in [0.2, 0.25) is 0 Å². The Kier molecular flexibility index (Phi) is 7.64. The van der Waals surface area contributed by atoms with Gasteiger partial charge in [-0.05, 0) is 41.5 Å². The Bertz CT molecular complexity index is 3200. The lowest BCUT2D eigenvalue weighted by Gasteiger charge is -2.13. The molecule has 262 valence electrons. The van der Waals surface area contributed by atoms with Crippen LogP contribution in [-0.4, -0.2) is 19.5 Å². The smallest absolute Gasteiger partial charge is 0.160 e. The molecule has 4 heterocycles. The average molecular weight is 733 g/mol. The number of benzene rings is 7. The molecule has 0 fully saturated rings. The summed E-state index contributed by atoms with van der Waals surface area (Å²) in [5, 5.41) is 3.60. The lowest BCUT2D eigenvalue weighted by molar-refractivity contribution is 1.17. The minimum atomic E-state index is 0.699. The second-order valence-electron chi connectivity index (χ2n) is 14.0. The van der Waals surface area contributed by atoms with Gasteiger partial charge in [-0.1, -0.05) is 164 Å². The molecule has 0 atom stereocenters. The standard InChI is InChI=1S/C51H32N4S/c1-4-14-33(15-5-1)34-24-26-35(27-25-34)43-32-44(54-51(53-43)38-18-8-3-9-19-38)36-28-30-39(31-29-36)55-45-23-13-11-21-41(45)50-48(55)46-47(37-16-6-2-7-17-37)52-42-22-12-10-20-40(42)49(46)56-50/h1-32H. The van der Waals surface area contributed by atoms with Gasteiger partial charge in [-0.15, -0.1) is 11.3 Å². The first-order chi connectivity index (χ1) is 27.8. The van der Waals surface area contributed by atoms with E-state index in [0.29, 0.717) is 5.82 Å². The third-order valence-corrected chi connectivity index (χ3v) is 11.9. The SMILES string of the molecule is c1ccc(-c2ccc(-c3cc(-c4ccc(-n5c6ccccc6c6sc7c8ccccc8nc(-c8ccccc8)c7c65)cc4)nc(-c4ccccc4)n3)cc2)cc1. The molecule has 0 aliphatic heterocycles. The van der Waals surface area contributed by atoms with E-state index in [1.54, 1.807) is 0 Å². The molecule has 0 N–H and O–H groups in total. The van der Waals surface area contributed by atoms with E-state index >= 15 is 0 Å². The molecule has 0 radical (unpaired) electrons. The van der Waals surface area contributed by atoms with Gasteiger partial charge in [-0.2, -0.15) is 0 Å². The van der Waals surface area contributed by atoms with Crippen LogP contribution in [0.2, 0.25) is 0 Å². The summed E-state index contributed by atoms with van der Waals surface area (Å²) in [5.74, 6) is 0.699. The molecular formula is C51H32N4S. The van der Waals surface area contributed by atoms with E-state index in [9.17, 15) is 0 Å². The highest BCUT2D eigenvalue weighted by Crippen LogP contribution is 2.47. The van der Waals surface area contributed by atoms with Crippen LogP contribution >= 0.6 is 11.3 Å². The molecule has 56 heavy (non-hydrogen) atoms. The number of nitrogens with zero attached hydrogens (tertiary/aromatic N) is 4. The van der Waals surface area contributed by atoms with Gasteiger partial charge in [0.1, 0.15) is 0 Å². The number of aromatic nitrogens is 4. The van der Waals surface area contributed by atoms with Crippen LogP contribution in [0.5, 0.6) is 0 Å². The average Bonchev–Trinajstić information content (AvgIpc) is 3.83. The molecule has 4 nitrogen and oxygen atoms in total. The first kappa shape index (κ1) is 32.2. The molecule has 0 spiro atoms. The molecule has 0 aliphatic carbocycles. The van der Waals surface area contributed by atoms with Gasteiger partial charge in [0.25, 0.3) is 0 Å². The van der Waals surface area contributed by atoms with Crippen LogP contribution in [0.15, 0.2) is 194 Å². The van der Waals surface area contributed by atoms with Crippen molar-refractivity contribution < 1.29 is 0 Å². The van der Waals surface area contributed by atoms with Crippen molar-refractivity contribution in [3.63, 3.8) is 0 Å². The van der Waals surface area contributed by atoms with E-state index in [2.05, 4.69) is 174 Å². The lowest BCUT2D eigenvalue weighted by atomic mass is 10.0. The number of hydrogen-bond donors (Lipinski definition) is 0. The van der Waals surface area contributed by atoms with Crippen LogP contribution < -0.4 is 0 Å². The summed E-state index contributed by atoms with van der Waals surface area (Å²) in [7, 11) is 0. The Morgan fingerprint density at radius 1 is 0.393 bits per heavy atom. The molecule has 0 unspecified atom stereocenters. The Labute approximate surface area is 327 Å². The molecule has 0 aliphatic rings. The number of pyridine rings is 1. The minimum absolute atomic E-state index is 0.699. The zero-order valence-corrected chi connectivity index (χ0v) is 31.0. The number of hydrogen-bond acceptors (Lipinski definition) is 4. The maximum absolute atomic E-state index is 5.32. The molecular weight excluding hydrogens is 701 g/mol. The maximum atomic E-state index is 5.32. The van der Waals surface area contributed by atoms with E-state index in [-0.39, 0.29) is 0 Å². The minimum Gasteiger partial charge on any atom is -0.308 e. The largest absolute Gasteiger partial charge is 0.308 e. The summed E-state index contributed by atoms with van der Waals surface area (Å²) in [6.45, 7) is 0. The van der Waals surface area contributed by atoms with Crippen molar-refractivity contribution in [2.75, 3.05) is 0 Å². The van der Waals surface area contributed by atoms with Gasteiger partial charge in [0.05, 0.1) is 38.3 Å². The van der Waals surface area contributed by atoms with Crippen molar-refractivity contribution in [1.82, 2.24) is 19.5 Å². The number of para-hydroxylation sites is 2. The van der Waals surface area contributed by atoms with E-state index in [4.69, 9.17) is 15.0 Å². The van der Waals surface area contributed by atoms with Gasteiger partial charge >= 0.3 is 0 Å². The Balaban J connectivity index is 1.08. The second-order valence-corrected chi connectivity index (χ2v) is 15.0. The van der Waals surface area contributed by atoms with E-state index in [1.807, 2.05) is 35.6 Å². The molecule has 0 saturated carbocycles. The lowest BCUT2D eigenvalue weighted by Crippen LogP contribution is -1.97. The normalized spacial score (nSPS) is 11.6. The summed E-state index contributed by atoms with van der Waals surface area (Å²) in [5.41, 5.74) is 13.7. The highest BCUT2D eigenvalue weighted by Gasteiger charge is 2.23. The fourth-order valence-electron chi connectivity index (χ4n) is 7.93. The van der Waals surface area contributed by atoms with Crippen LogP contribution in [0.4, 0.5) is 0 Å². The summed E-state index contributed by atoms with van der Waals surface area (Å²) >= 11 is 1.87. The summed E-state index contributed by atoms with van der Waals surface area (Å²) in [4.78, 5) is 15.5. The van der Waals surface area contributed by atoms with Crippen molar-refractivity contribution in [3.8, 4) is 62.0 Å². The van der Waals surface area contributed by atoms with Crippen LogP contribution in [-0.2, 0) is 0 Å². The number of fused-ring (bicyclic) bond motifs is 7.